The third-order valence-corrected chi connectivity index (χ3v) is 17.7. The Morgan fingerprint density at radius 2 is 0.888 bits per heavy atom. The second-order valence-corrected chi connectivity index (χ2v) is 24.4. The first-order chi connectivity index (χ1) is 43.5. The van der Waals surface area contributed by atoms with Crippen LogP contribution >= 0.6 is 0 Å². The zero-order chi connectivity index (χ0) is 61.9. The Hall–Kier alpha value is -9.00. The van der Waals surface area contributed by atoms with Gasteiger partial charge in [-0.15, -0.1) is 19.7 Å². The zero-order valence-electron chi connectivity index (χ0n) is 52.4. The summed E-state index contributed by atoms with van der Waals surface area (Å²) in [6.07, 6.45) is 32.2. The molecule has 6 nitrogen and oxygen atoms in total. The smallest absolute Gasteiger partial charge is 0.127 e. The summed E-state index contributed by atoms with van der Waals surface area (Å²) in [6, 6.07) is 46.7. The molecule has 1 saturated carbocycles. The van der Waals surface area contributed by atoms with Gasteiger partial charge in [-0.3, -0.25) is 0 Å². The van der Waals surface area contributed by atoms with Crippen molar-refractivity contribution in [1.29, 1.82) is 0 Å². The normalized spacial score (nSPS) is 17.8. The van der Waals surface area contributed by atoms with E-state index in [1.165, 1.54) is 0 Å². The lowest BCUT2D eigenvalue weighted by Gasteiger charge is -2.28. The van der Waals surface area contributed by atoms with Gasteiger partial charge in [0, 0.05) is 37.3 Å². The maximum atomic E-state index is 7.33. The average molecular weight is 1180 g/mol. The van der Waals surface area contributed by atoms with Crippen molar-refractivity contribution in [2.75, 3.05) is 19.8 Å². The highest BCUT2D eigenvalue weighted by molar-refractivity contribution is 5.57. The van der Waals surface area contributed by atoms with Crippen molar-refractivity contribution >= 4 is 18.2 Å². The molecule has 0 heterocycles. The lowest BCUT2D eigenvalue weighted by molar-refractivity contribution is 0.192. The fraction of sp³-hybridized carbons (Fsp3) is 0.277. The van der Waals surface area contributed by atoms with Crippen LogP contribution in [-0.2, 0) is 39.1 Å². The molecule has 3 aliphatic rings. The van der Waals surface area contributed by atoms with E-state index in [2.05, 4.69) is 217 Å². The van der Waals surface area contributed by atoms with Crippen LogP contribution in [0.15, 0.2) is 227 Å². The molecule has 0 bridgehead atoms. The topological polar surface area (TPSA) is 55.4 Å². The fourth-order valence-electron chi connectivity index (χ4n) is 12.3. The molecule has 7 aromatic carbocycles. The maximum Gasteiger partial charge on any atom is 0.127 e. The number of rotatable bonds is 30. The van der Waals surface area contributed by atoms with Crippen LogP contribution in [0.2, 0.25) is 0 Å². The lowest BCUT2D eigenvalue weighted by atomic mass is 9.82. The fourth-order valence-corrected chi connectivity index (χ4v) is 12.3. The van der Waals surface area contributed by atoms with Crippen LogP contribution < -0.4 is 28.4 Å². The van der Waals surface area contributed by atoms with Gasteiger partial charge in [0.25, 0.3) is 0 Å². The second-order valence-electron chi connectivity index (χ2n) is 24.4. The quantitative estimate of drug-likeness (QED) is 0.0418. The first-order valence-corrected chi connectivity index (χ1v) is 31.9. The van der Waals surface area contributed by atoms with Crippen molar-refractivity contribution in [3.05, 3.63) is 305 Å². The van der Waals surface area contributed by atoms with Crippen molar-refractivity contribution in [3.8, 4) is 34.5 Å². The molecular formula is C83H88O6. The molecule has 0 aliphatic heterocycles. The highest BCUT2D eigenvalue weighted by Crippen LogP contribution is 2.40. The summed E-state index contributed by atoms with van der Waals surface area (Å²) >= 11 is 0. The van der Waals surface area contributed by atoms with E-state index in [0.717, 1.165) is 163 Å². The molecule has 0 aromatic heterocycles. The molecule has 7 aromatic rings. The Kier molecular flexibility index (Phi) is 22.1. The highest BCUT2D eigenvalue weighted by atomic mass is 16.5. The summed E-state index contributed by atoms with van der Waals surface area (Å²) in [5.41, 5.74) is 16.3. The van der Waals surface area contributed by atoms with Crippen molar-refractivity contribution in [2.24, 2.45) is 29.6 Å². The van der Waals surface area contributed by atoms with E-state index in [9.17, 15) is 0 Å². The molecule has 0 radical (unpaired) electrons. The molecule has 1 fully saturated rings. The van der Waals surface area contributed by atoms with E-state index in [4.69, 9.17) is 28.4 Å². The molecule has 3 atom stereocenters. The molecule has 3 aliphatic carbocycles. The second kappa shape index (κ2) is 31.3. The summed E-state index contributed by atoms with van der Waals surface area (Å²) in [6.45, 7) is 31.3. The van der Waals surface area contributed by atoms with Gasteiger partial charge in [0.2, 0.25) is 0 Å². The van der Waals surface area contributed by atoms with Crippen LogP contribution in [-0.4, -0.2) is 19.8 Å². The number of ether oxygens (including phenoxy) is 6. The Morgan fingerprint density at radius 1 is 0.404 bits per heavy atom. The predicted octanol–water partition coefficient (Wildman–Crippen LogP) is 20.3. The Bertz CT molecular complexity index is 3680. The minimum Gasteiger partial charge on any atom is -0.493 e. The molecule has 0 N–H and O–H groups in total. The number of allylic oxidation sites excluding steroid dienone is 6. The number of benzene rings is 7. The van der Waals surface area contributed by atoms with E-state index >= 15 is 0 Å². The van der Waals surface area contributed by atoms with E-state index in [1.54, 1.807) is 0 Å². The monoisotopic (exact) mass is 1180 g/mol. The van der Waals surface area contributed by atoms with Gasteiger partial charge in [-0.2, -0.15) is 0 Å². The third-order valence-electron chi connectivity index (χ3n) is 17.7. The van der Waals surface area contributed by atoms with E-state index in [0.29, 0.717) is 82.6 Å². The van der Waals surface area contributed by atoms with Crippen LogP contribution in [0.25, 0.3) is 18.2 Å². The largest absolute Gasteiger partial charge is 0.493 e. The van der Waals surface area contributed by atoms with E-state index < -0.39 is 0 Å². The molecule has 6 heteroatoms. The summed E-state index contributed by atoms with van der Waals surface area (Å²) in [5, 5.41) is 0. The lowest BCUT2D eigenvalue weighted by Crippen LogP contribution is -2.20. The van der Waals surface area contributed by atoms with Gasteiger partial charge in [-0.1, -0.05) is 207 Å². The maximum absolute atomic E-state index is 7.33. The molecule has 10 rings (SSSR count). The summed E-state index contributed by atoms with van der Waals surface area (Å²) in [7, 11) is 0. The van der Waals surface area contributed by atoms with Crippen molar-refractivity contribution in [3.63, 3.8) is 0 Å². The molecule has 0 amide bonds. The van der Waals surface area contributed by atoms with Gasteiger partial charge in [0.05, 0.1) is 13.2 Å². The van der Waals surface area contributed by atoms with Gasteiger partial charge in [-0.25, -0.2) is 0 Å². The van der Waals surface area contributed by atoms with Crippen LogP contribution in [0.4, 0.5) is 0 Å². The van der Waals surface area contributed by atoms with Gasteiger partial charge in [0.15, 0.2) is 0 Å². The van der Waals surface area contributed by atoms with Crippen LogP contribution in [0, 0.1) is 43.4 Å². The van der Waals surface area contributed by atoms with Crippen molar-refractivity contribution in [1.82, 2.24) is 0 Å². The summed E-state index contributed by atoms with van der Waals surface area (Å²) in [4.78, 5) is 0. The summed E-state index contributed by atoms with van der Waals surface area (Å²) < 4.78 is 41.3. The van der Waals surface area contributed by atoms with Gasteiger partial charge in [0.1, 0.15) is 60.9 Å². The standard InChI is InChI=1S/C83H88O6/c1-9-60-15-27-66(28-16-60)52-84-78-41-39-72(80(50-78)86-54-68-31-19-62(11-3)20-32-68)47-74-43-58(7)45-76(82(74)88-56-70-35-23-64(13-5)24-36-70)49-77-46-59(8)44-75(83(77)89-57-71-37-25-65(14-6)26-38-71)48-73-40-42-79(85-53-67-29-17-61(10-2)18-30-67)51-81(73)87-55-69-33-21-63(12-4)22-34-69/h9-21,25,27-33,37-46,50-51,63-65,69-70H,1-6,22-24,26,34-36,47-49,52-57H2,7-8H3. The molecule has 0 spiro atoms. The highest BCUT2D eigenvalue weighted by Gasteiger charge is 2.25. The number of hydrogen-bond donors (Lipinski definition) is 0. The SMILES string of the molecule is C=Cc1ccc(COc2ccc(Cc3cc(C)cc(Cc4cc(C)cc(Cc5ccc(OCc6ccc(C=C)cc6)cc5OCc5ccc(C=C)cc5)c4OCC4CCC(C=C)CC4)c3OCC3=CCC(C=C)C=C3)c(OCC3C=CC(C=C)CC3)c2)cc1. The van der Waals surface area contributed by atoms with Gasteiger partial charge >= 0.3 is 0 Å². The zero-order valence-corrected chi connectivity index (χ0v) is 52.4. The minimum atomic E-state index is 0.288. The molecule has 456 valence electrons. The van der Waals surface area contributed by atoms with Crippen LogP contribution in [0.3, 0.4) is 0 Å². The van der Waals surface area contributed by atoms with E-state index in [1.807, 2.05) is 36.4 Å². The first kappa shape index (κ1) is 63.0. The number of aryl methyl sites for hydroxylation is 2. The predicted molar refractivity (Wildman–Crippen MR) is 369 cm³/mol. The Balaban J connectivity index is 1.01. The molecule has 3 unspecified atom stereocenters. The summed E-state index contributed by atoms with van der Waals surface area (Å²) in [5.74, 6) is 6.81. The Labute approximate surface area is 530 Å². The first-order valence-electron chi connectivity index (χ1n) is 31.9. The Morgan fingerprint density at radius 3 is 1.34 bits per heavy atom. The van der Waals surface area contributed by atoms with Crippen LogP contribution in [0.5, 0.6) is 34.5 Å². The van der Waals surface area contributed by atoms with Crippen molar-refractivity contribution < 1.29 is 28.4 Å². The molecular weight excluding hydrogens is 1090 g/mol. The van der Waals surface area contributed by atoms with Gasteiger partial charge < -0.3 is 28.4 Å². The average Bonchev–Trinajstić information content (AvgIpc) is 3.77. The number of hydrogen-bond acceptors (Lipinski definition) is 6. The van der Waals surface area contributed by atoms with Gasteiger partial charge in [-0.05, 0) is 167 Å². The molecule has 0 saturated heterocycles. The van der Waals surface area contributed by atoms with E-state index in [-0.39, 0.29) is 5.92 Å². The van der Waals surface area contributed by atoms with Crippen molar-refractivity contribution in [2.45, 2.75) is 97.9 Å². The van der Waals surface area contributed by atoms with Crippen LogP contribution in [0.1, 0.15) is 123 Å². The molecule has 89 heavy (non-hydrogen) atoms. The minimum absolute atomic E-state index is 0.288. The third kappa shape index (κ3) is 17.6.